The number of benzene rings is 1. The smallest absolute Gasteiger partial charge is 0.0708 e. The van der Waals surface area contributed by atoms with Crippen molar-refractivity contribution in [3.8, 4) is 0 Å². The van der Waals surface area contributed by atoms with Crippen molar-refractivity contribution in [2.45, 2.75) is 38.5 Å². The first-order valence-corrected chi connectivity index (χ1v) is 8.58. The first-order chi connectivity index (χ1) is 10.8. The van der Waals surface area contributed by atoms with E-state index < -0.39 is 0 Å². The summed E-state index contributed by atoms with van der Waals surface area (Å²) in [6, 6.07) is 10.9. The molecule has 2 bridgehead atoms. The number of nitrogens with zero attached hydrogens (tertiary/aromatic N) is 1. The minimum Gasteiger partial charge on any atom is -0.252 e. The predicted octanol–water partition coefficient (Wildman–Crippen LogP) is 5.31. The van der Waals surface area contributed by atoms with Gasteiger partial charge in [0.1, 0.15) is 0 Å². The summed E-state index contributed by atoms with van der Waals surface area (Å²) in [6.07, 6.45) is 10.4. The summed E-state index contributed by atoms with van der Waals surface area (Å²) in [7, 11) is 0. The van der Waals surface area contributed by atoms with E-state index >= 15 is 0 Å². The maximum atomic E-state index is 4.96. The summed E-state index contributed by atoms with van der Waals surface area (Å²) in [4.78, 5) is 4.96. The van der Waals surface area contributed by atoms with E-state index in [4.69, 9.17) is 4.98 Å². The van der Waals surface area contributed by atoms with Crippen LogP contribution in [0.2, 0.25) is 0 Å². The molecule has 3 aliphatic carbocycles. The van der Waals surface area contributed by atoms with Crippen molar-refractivity contribution in [1.82, 2.24) is 4.98 Å². The number of pyridine rings is 1. The van der Waals surface area contributed by atoms with Crippen molar-refractivity contribution >= 4 is 10.9 Å². The van der Waals surface area contributed by atoms with E-state index in [1.54, 1.807) is 11.1 Å². The Morgan fingerprint density at radius 3 is 2.77 bits per heavy atom. The molecular formula is C21H21N. The van der Waals surface area contributed by atoms with Crippen molar-refractivity contribution in [2.24, 2.45) is 11.8 Å². The number of aromatic nitrogens is 1. The maximum absolute atomic E-state index is 4.96. The average molecular weight is 287 g/mol. The molecule has 3 unspecified atom stereocenters. The Morgan fingerprint density at radius 1 is 1.00 bits per heavy atom. The van der Waals surface area contributed by atoms with E-state index in [9.17, 15) is 0 Å². The molecule has 2 fully saturated rings. The van der Waals surface area contributed by atoms with Crippen LogP contribution in [-0.4, -0.2) is 4.98 Å². The minimum absolute atomic E-state index is 0.475. The molecule has 1 heterocycles. The van der Waals surface area contributed by atoms with Gasteiger partial charge in [0.25, 0.3) is 0 Å². The Bertz CT molecular complexity index is 827. The molecule has 1 nitrogen and oxygen atoms in total. The number of aryl methyl sites for hydroxylation is 1. The maximum Gasteiger partial charge on any atom is 0.0708 e. The summed E-state index contributed by atoms with van der Waals surface area (Å²) >= 11 is 0. The van der Waals surface area contributed by atoms with Gasteiger partial charge in [0.05, 0.1) is 5.52 Å². The second-order valence-electron chi connectivity index (χ2n) is 7.21. The molecule has 0 amide bonds. The van der Waals surface area contributed by atoms with Crippen LogP contribution < -0.4 is 0 Å². The summed E-state index contributed by atoms with van der Waals surface area (Å²) in [5, 5.41) is 1.28. The molecule has 2 saturated carbocycles. The number of hydrogen-bond donors (Lipinski definition) is 0. The lowest BCUT2D eigenvalue weighted by molar-refractivity contribution is 0.631. The number of fused-ring (bicyclic) bond motifs is 6. The van der Waals surface area contributed by atoms with Gasteiger partial charge in [-0.3, -0.25) is 4.98 Å². The normalized spacial score (nSPS) is 29.4. The van der Waals surface area contributed by atoms with Crippen LogP contribution in [0.5, 0.6) is 0 Å². The summed E-state index contributed by atoms with van der Waals surface area (Å²) in [6.45, 7) is 2.16. The van der Waals surface area contributed by atoms with Crippen LogP contribution in [0.1, 0.15) is 42.9 Å². The Kier molecular flexibility index (Phi) is 2.61. The Morgan fingerprint density at radius 2 is 1.86 bits per heavy atom. The van der Waals surface area contributed by atoms with Crippen LogP contribution in [0.15, 0.2) is 53.6 Å². The van der Waals surface area contributed by atoms with Gasteiger partial charge in [0, 0.05) is 17.0 Å². The van der Waals surface area contributed by atoms with Crippen molar-refractivity contribution < 1.29 is 0 Å². The van der Waals surface area contributed by atoms with E-state index in [1.165, 1.54) is 35.9 Å². The fourth-order valence-electron chi connectivity index (χ4n) is 4.81. The molecule has 0 spiro atoms. The molecule has 2 aromatic rings. The third kappa shape index (κ3) is 1.75. The van der Waals surface area contributed by atoms with Crippen LogP contribution in [0.4, 0.5) is 0 Å². The fraction of sp³-hybridized carbons (Fsp3) is 0.381. The molecule has 0 saturated heterocycles. The predicted molar refractivity (Wildman–Crippen MR) is 90.8 cm³/mol. The molecular weight excluding hydrogens is 266 g/mol. The van der Waals surface area contributed by atoms with Gasteiger partial charge < -0.3 is 0 Å². The largest absolute Gasteiger partial charge is 0.252 e. The van der Waals surface area contributed by atoms with Crippen LogP contribution in [0.3, 0.4) is 0 Å². The Hall–Kier alpha value is -1.89. The zero-order chi connectivity index (χ0) is 14.7. The molecule has 1 aromatic carbocycles. The van der Waals surface area contributed by atoms with Gasteiger partial charge in [-0.2, -0.15) is 0 Å². The second-order valence-corrected chi connectivity index (χ2v) is 7.21. The molecule has 1 heteroatoms. The number of hydrogen-bond acceptors (Lipinski definition) is 1. The van der Waals surface area contributed by atoms with Gasteiger partial charge in [-0.25, -0.2) is 0 Å². The molecule has 110 valence electrons. The topological polar surface area (TPSA) is 12.9 Å². The van der Waals surface area contributed by atoms with Crippen molar-refractivity contribution in [1.29, 1.82) is 0 Å². The van der Waals surface area contributed by atoms with Crippen LogP contribution in [0.25, 0.3) is 10.9 Å². The molecule has 0 radical (unpaired) electrons. The SMILES string of the molecule is Cc1cccc2nc(C3C=C4C(=CC3)C3CCC4C3)ccc12. The fourth-order valence-corrected chi connectivity index (χ4v) is 4.81. The van der Waals surface area contributed by atoms with Crippen molar-refractivity contribution in [3.63, 3.8) is 0 Å². The third-order valence-electron chi connectivity index (χ3n) is 5.97. The van der Waals surface area contributed by atoms with E-state index in [-0.39, 0.29) is 0 Å². The molecule has 22 heavy (non-hydrogen) atoms. The van der Waals surface area contributed by atoms with Gasteiger partial charge >= 0.3 is 0 Å². The monoisotopic (exact) mass is 287 g/mol. The van der Waals surface area contributed by atoms with Crippen molar-refractivity contribution in [3.05, 3.63) is 64.9 Å². The lowest BCUT2D eigenvalue weighted by Gasteiger charge is -2.25. The highest BCUT2D eigenvalue weighted by molar-refractivity contribution is 5.82. The van der Waals surface area contributed by atoms with E-state index in [0.29, 0.717) is 5.92 Å². The molecule has 0 aliphatic heterocycles. The summed E-state index contributed by atoms with van der Waals surface area (Å²) in [5.41, 5.74) is 7.04. The second kappa shape index (κ2) is 4.55. The minimum atomic E-state index is 0.475. The number of allylic oxidation sites excluding steroid dienone is 4. The summed E-state index contributed by atoms with van der Waals surface area (Å²) < 4.78 is 0. The molecule has 0 N–H and O–H groups in total. The average Bonchev–Trinajstić information content (AvgIpc) is 3.16. The van der Waals surface area contributed by atoms with Crippen LogP contribution in [-0.2, 0) is 0 Å². The van der Waals surface area contributed by atoms with Gasteiger partial charge in [0.2, 0.25) is 0 Å². The van der Waals surface area contributed by atoms with Gasteiger partial charge in [0.15, 0.2) is 0 Å². The highest BCUT2D eigenvalue weighted by Crippen LogP contribution is 2.54. The molecule has 3 aliphatic rings. The lowest BCUT2D eigenvalue weighted by Crippen LogP contribution is -2.10. The first-order valence-electron chi connectivity index (χ1n) is 8.58. The Labute approximate surface area is 131 Å². The zero-order valence-corrected chi connectivity index (χ0v) is 13.0. The molecule has 1 aromatic heterocycles. The standard InChI is InChI=1S/C21H21N/c1-13-3-2-4-21-17(13)9-10-20(22-21)16-7-8-18-14-5-6-15(11-14)19(18)12-16/h2-4,8-10,12,14-16H,5-7,11H2,1H3. The van der Waals surface area contributed by atoms with Crippen molar-refractivity contribution in [2.75, 3.05) is 0 Å². The van der Waals surface area contributed by atoms with Gasteiger partial charge in [-0.1, -0.05) is 30.4 Å². The van der Waals surface area contributed by atoms with E-state index in [2.05, 4.69) is 49.4 Å². The van der Waals surface area contributed by atoms with Crippen LogP contribution >= 0.6 is 0 Å². The highest BCUT2D eigenvalue weighted by atomic mass is 14.7. The molecule has 5 rings (SSSR count). The third-order valence-corrected chi connectivity index (χ3v) is 5.97. The highest BCUT2D eigenvalue weighted by Gasteiger charge is 2.40. The van der Waals surface area contributed by atoms with E-state index in [1.807, 2.05) is 0 Å². The van der Waals surface area contributed by atoms with Gasteiger partial charge in [-0.05, 0) is 73.3 Å². The zero-order valence-electron chi connectivity index (χ0n) is 13.0. The number of rotatable bonds is 1. The van der Waals surface area contributed by atoms with E-state index in [0.717, 1.165) is 23.8 Å². The lowest BCUT2D eigenvalue weighted by atomic mass is 9.81. The molecule has 3 atom stereocenters. The Balaban J connectivity index is 1.55. The first kappa shape index (κ1) is 12.6. The van der Waals surface area contributed by atoms with Crippen LogP contribution in [0, 0.1) is 18.8 Å². The summed E-state index contributed by atoms with van der Waals surface area (Å²) in [5.74, 6) is 2.20. The van der Waals surface area contributed by atoms with Gasteiger partial charge in [-0.15, -0.1) is 0 Å². The quantitative estimate of drug-likeness (QED) is 0.692.